The molecule has 3 heterocycles. The molecule has 0 radical (unpaired) electrons. The lowest BCUT2D eigenvalue weighted by atomic mass is 10.2. The molecule has 0 unspecified atom stereocenters. The predicted molar refractivity (Wildman–Crippen MR) is 106 cm³/mol. The van der Waals surface area contributed by atoms with Crippen molar-refractivity contribution in [3.8, 4) is 0 Å². The summed E-state index contributed by atoms with van der Waals surface area (Å²) in [6.07, 6.45) is -0.553. The molecule has 30 heavy (non-hydrogen) atoms. The SMILES string of the molecule is O=S(=O)(c1ccc(C(F)(F)F)cc1)N1CCN(c2ccnc(N3CCCC3)n2)CC1. The molecule has 162 valence electrons. The fourth-order valence-electron chi connectivity index (χ4n) is 3.71. The van der Waals surface area contributed by atoms with E-state index in [9.17, 15) is 21.6 Å². The van der Waals surface area contributed by atoms with Crippen LogP contribution >= 0.6 is 0 Å². The van der Waals surface area contributed by atoms with Crippen LogP contribution in [0.15, 0.2) is 41.4 Å². The molecule has 2 fully saturated rings. The fraction of sp³-hybridized carbons (Fsp3) is 0.474. The van der Waals surface area contributed by atoms with Crippen molar-refractivity contribution in [2.45, 2.75) is 23.9 Å². The van der Waals surface area contributed by atoms with Crippen molar-refractivity contribution < 1.29 is 21.6 Å². The van der Waals surface area contributed by atoms with Crippen LogP contribution in [-0.2, 0) is 16.2 Å². The third-order valence-corrected chi connectivity index (χ3v) is 7.31. The Bertz CT molecular complexity index is 984. The summed E-state index contributed by atoms with van der Waals surface area (Å²) in [7, 11) is -3.85. The molecule has 11 heteroatoms. The zero-order valence-corrected chi connectivity index (χ0v) is 17.0. The van der Waals surface area contributed by atoms with Crippen LogP contribution in [0.25, 0.3) is 0 Å². The Hall–Kier alpha value is -2.40. The number of rotatable bonds is 4. The van der Waals surface area contributed by atoms with E-state index >= 15 is 0 Å². The summed E-state index contributed by atoms with van der Waals surface area (Å²) in [4.78, 5) is 13.0. The van der Waals surface area contributed by atoms with Crippen LogP contribution in [0.4, 0.5) is 24.9 Å². The van der Waals surface area contributed by atoms with Gasteiger partial charge in [0.05, 0.1) is 10.5 Å². The molecule has 2 aromatic rings. The van der Waals surface area contributed by atoms with Gasteiger partial charge in [-0.15, -0.1) is 0 Å². The first-order valence-corrected chi connectivity index (χ1v) is 11.2. The van der Waals surface area contributed by atoms with E-state index in [-0.39, 0.29) is 18.0 Å². The van der Waals surface area contributed by atoms with E-state index in [4.69, 9.17) is 0 Å². The van der Waals surface area contributed by atoms with Crippen molar-refractivity contribution in [1.82, 2.24) is 14.3 Å². The van der Waals surface area contributed by atoms with Gasteiger partial charge in [-0.3, -0.25) is 0 Å². The predicted octanol–water partition coefficient (Wildman–Crippen LogP) is 2.61. The van der Waals surface area contributed by atoms with Crippen LogP contribution in [0.1, 0.15) is 18.4 Å². The molecule has 0 bridgehead atoms. The van der Waals surface area contributed by atoms with Crippen LogP contribution < -0.4 is 9.80 Å². The van der Waals surface area contributed by atoms with Gasteiger partial charge in [-0.2, -0.15) is 22.5 Å². The van der Waals surface area contributed by atoms with Crippen molar-refractivity contribution in [2.75, 3.05) is 49.1 Å². The average molecular weight is 441 g/mol. The molecule has 0 spiro atoms. The molecule has 2 aliphatic rings. The minimum Gasteiger partial charge on any atom is -0.354 e. The lowest BCUT2D eigenvalue weighted by Crippen LogP contribution is -2.49. The third-order valence-electron chi connectivity index (χ3n) is 5.40. The maximum atomic E-state index is 12.8. The number of alkyl halides is 3. The molecule has 4 rings (SSSR count). The van der Waals surface area contributed by atoms with E-state index in [1.807, 2.05) is 4.90 Å². The number of aromatic nitrogens is 2. The molecule has 0 N–H and O–H groups in total. The second-order valence-corrected chi connectivity index (χ2v) is 9.26. The molecule has 0 atom stereocenters. The Balaban J connectivity index is 1.43. The molecule has 7 nitrogen and oxygen atoms in total. The highest BCUT2D eigenvalue weighted by atomic mass is 32.2. The molecule has 0 aliphatic carbocycles. The monoisotopic (exact) mass is 441 g/mol. The molecule has 1 aromatic heterocycles. The number of halogens is 3. The summed E-state index contributed by atoms with van der Waals surface area (Å²) in [5.41, 5.74) is -0.871. The molecule has 0 saturated carbocycles. The van der Waals surface area contributed by atoms with Crippen molar-refractivity contribution in [3.63, 3.8) is 0 Å². The zero-order valence-electron chi connectivity index (χ0n) is 16.2. The van der Waals surface area contributed by atoms with Gasteiger partial charge in [0.1, 0.15) is 5.82 Å². The van der Waals surface area contributed by atoms with Crippen molar-refractivity contribution in [2.24, 2.45) is 0 Å². The van der Waals surface area contributed by atoms with E-state index < -0.39 is 21.8 Å². The smallest absolute Gasteiger partial charge is 0.354 e. The molecular weight excluding hydrogens is 419 g/mol. The maximum Gasteiger partial charge on any atom is 0.416 e. The van der Waals surface area contributed by atoms with E-state index in [2.05, 4.69) is 14.9 Å². The first-order valence-electron chi connectivity index (χ1n) is 9.75. The van der Waals surface area contributed by atoms with Crippen molar-refractivity contribution in [1.29, 1.82) is 0 Å². The highest BCUT2D eigenvalue weighted by Crippen LogP contribution is 2.30. The highest BCUT2D eigenvalue weighted by molar-refractivity contribution is 7.89. The number of benzene rings is 1. The lowest BCUT2D eigenvalue weighted by molar-refractivity contribution is -0.137. The van der Waals surface area contributed by atoms with Gasteiger partial charge in [0.2, 0.25) is 16.0 Å². The maximum absolute atomic E-state index is 12.8. The summed E-state index contributed by atoms with van der Waals surface area (Å²) in [6.45, 7) is 3.21. The summed E-state index contributed by atoms with van der Waals surface area (Å²) < 4.78 is 65.1. The summed E-state index contributed by atoms with van der Waals surface area (Å²) in [5.74, 6) is 1.43. The van der Waals surface area contributed by atoms with Crippen molar-refractivity contribution >= 4 is 21.8 Å². The Morgan fingerprint density at radius 2 is 1.47 bits per heavy atom. The number of piperazine rings is 1. The minimum absolute atomic E-state index is 0.137. The van der Waals surface area contributed by atoms with E-state index in [1.165, 1.54) is 4.31 Å². The largest absolute Gasteiger partial charge is 0.416 e. The van der Waals surface area contributed by atoms with Gasteiger partial charge in [-0.25, -0.2) is 13.4 Å². The topological polar surface area (TPSA) is 69.6 Å². The highest BCUT2D eigenvalue weighted by Gasteiger charge is 2.33. The average Bonchev–Trinajstić information content (AvgIpc) is 3.28. The normalized spacial score (nSPS) is 18.8. The van der Waals surface area contributed by atoms with Gasteiger partial charge in [0, 0.05) is 45.5 Å². The van der Waals surface area contributed by atoms with Gasteiger partial charge < -0.3 is 9.80 Å². The number of hydrogen-bond donors (Lipinski definition) is 0. The first-order chi connectivity index (χ1) is 14.2. The molecule has 2 saturated heterocycles. The third kappa shape index (κ3) is 4.22. The van der Waals surface area contributed by atoms with E-state index in [0.29, 0.717) is 19.0 Å². The van der Waals surface area contributed by atoms with Crippen LogP contribution in [-0.4, -0.2) is 62.0 Å². The number of hydrogen-bond acceptors (Lipinski definition) is 6. The molecule has 2 aliphatic heterocycles. The summed E-state index contributed by atoms with van der Waals surface area (Å²) >= 11 is 0. The number of nitrogens with zero attached hydrogens (tertiary/aromatic N) is 5. The fourth-order valence-corrected chi connectivity index (χ4v) is 5.13. The van der Waals surface area contributed by atoms with Gasteiger partial charge in [0.25, 0.3) is 0 Å². The zero-order chi connectivity index (χ0) is 21.4. The second-order valence-electron chi connectivity index (χ2n) is 7.32. The van der Waals surface area contributed by atoms with Gasteiger partial charge >= 0.3 is 6.18 Å². The summed E-state index contributed by atoms with van der Waals surface area (Å²) in [5, 5.41) is 0. The minimum atomic E-state index is -4.50. The first kappa shape index (κ1) is 20.9. The Kier molecular flexibility index (Phi) is 5.58. The van der Waals surface area contributed by atoms with Crippen LogP contribution in [0, 0.1) is 0 Å². The van der Waals surface area contributed by atoms with Crippen LogP contribution in [0.3, 0.4) is 0 Å². The van der Waals surface area contributed by atoms with E-state index in [1.54, 1.807) is 12.3 Å². The van der Waals surface area contributed by atoms with Gasteiger partial charge in [0.15, 0.2) is 0 Å². The second kappa shape index (κ2) is 8.03. The molecular formula is C19H22F3N5O2S. The lowest BCUT2D eigenvalue weighted by Gasteiger charge is -2.35. The van der Waals surface area contributed by atoms with Crippen LogP contribution in [0.2, 0.25) is 0 Å². The Morgan fingerprint density at radius 3 is 2.07 bits per heavy atom. The van der Waals surface area contributed by atoms with E-state index in [0.717, 1.165) is 56.0 Å². The number of anilines is 2. The standard InChI is InChI=1S/C19H22F3N5O2S/c20-19(21,22)15-3-5-16(6-4-15)30(28,29)27-13-11-25(12-14-27)17-7-8-23-18(24-17)26-9-1-2-10-26/h3-8H,1-2,9-14H2. The summed E-state index contributed by atoms with van der Waals surface area (Å²) in [6, 6.07) is 5.42. The number of sulfonamides is 1. The molecule has 1 aromatic carbocycles. The quantitative estimate of drug-likeness (QED) is 0.727. The Labute approximate surface area is 173 Å². The van der Waals surface area contributed by atoms with Gasteiger partial charge in [-0.05, 0) is 43.2 Å². The Morgan fingerprint density at radius 1 is 0.833 bits per heavy atom. The van der Waals surface area contributed by atoms with Crippen LogP contribution in [0.5, 0.6) is 0 Å². The van der Waals surface area contributed by atoms with Crippen molar-refractivity contribution in [3.05, 3.63) is 42.1 Å². The molecule has 0 amide bonds. The van der Waals surface area contributed by atoms with Gasteiger partial charge in [-0.1, -0.05) is 0 Å².